The molecule has 0 aromatic heterocycles. The van der Waals surface area contributed by atoms with Gasteiger partial charge in [-0.15, -0.1) is 0 Å². The first-order chi connectivity index (χ1) is 8.20. The summed E-state index contributed by atoms with van der Waals surface area (Å²) in [6.45, 7) is 3.74. The van der Waals surface area contributed by atoms with Crippen molar-refractivity contribution in [2.24, 2.45) is 5.41 Å². The predicted octanol–water partition coefficient (Wildman–Crippen LogP) is 3.10. The molecule has 0 saturated carbocycles. The Labute approximate surface area is 102 Å². The van der Waals surface area contributed by atoms with Crippen LogP contribution in [0.4, 0.5) is 24.5 Å². The molecule has 0 aliphatic carbocycles. The third-order valence-corrected chi connectivity index (χ3v) is 2.93. The number of fused-ring (bicyclic) bond motifs is 1. The number of halogens is 3. The second-order valence-corrected chi connectivity index (χ2v) is 4.95. The third-order valence-electron chi connectivity index (χ3n) is 2.93. The van der Waals surface area contributed by atoms with Crippen LogP contribution in [-0.4, -0.2) is 12.5 Å². The van der Waals surface area contributed by atoms with Gasteiger partial charge in [0.05, 0.1) is 22.4 Å². The molecule has 0 spiro atoms. The summed E-state index contributed by atoms with van der Waals surface area (Å²) < 4.78 is 37.7. The lowest BCUT2D eigenvalue weighted by molar-refractivity contribution is -0.137. The predicted molar refractivity (Wildman–Crippen MR) is 62.3 cm³/mol. The van der Waals surface area contributed by atoms with E-state index in [1.807, 2.05) is 0 Å². The Morgan fingerprint density at radius 2 is 1.89 bits per heavy atom. The molecule has 1 aromatic carbocycles. The van der Waals surface area contributed by atoms with Gasteiger partial charge in [-0.25, -0.2) is 0 Å². The van der Waals surface area contributed by atoms with Gasteiger partial charge in [0.15, 0.2) is 0 Å². The van der Waals surface area contributed by atoms with Crippen molar-refractivity contribution in [3.05, 3.63) is 23.8 Å². The second kappa shape index (κ2) is 3.90. The summed E-state index contributed by atoms with van der Waals surface area (Å²) in [6, 6.07) is 3.24. The van der Waals surface area contributed by atoms with E-state index in [0.29, 0.717) is 11.4 Å². The van der Waals surface area contributed by atoms with Crippen molar-refractivity contribution in [2.45, 2.75) is 20.0 Å². The van der Waals surface area contributed by atoms with Crippen LogP contribution in [0.5, 0.6) is 0 Å². The lowest BCUT2D eigenvalue weighted by Gasteiger charge is -2.19. The Morgan fingerprint density at radius 3 is 2.50 bits per heavy atom. The van der Waals surface area contributed by atoms with E-state index < -0.39 is 17.2 Å². The number of anilines is 2. The number of hydrogen-bond acceptors (Lipinski definition) is 2. The number of nitrogens with one attached hydrogen (secondary N) is 2. The molecule has 1 amide bonds. The summed E-state index contributed by atoms with van der Waals surface area (Å²) in [5.41, 5.74) is -0.734. The smallest absolute Gasteiger partial charge is 0.382 e. The molecule has 0 unspecified atom stereocenters. The van der Waals surface area contributed by atoms with Crippen LogP contribution in [-0.2, 0) is 11.0 Å². The molecule has 2 rings (SSSR count). The first-order valence-electron chi connectivity index (χ1n) is 5.47. The monoisotopic (exact) mass is 258 g/mol. The van der Waals surface area contributed by atoms with Crippen LogP contribution >= 0.6 is 0 Å². The maximum atomic E-state index is 12.6. The first-order valence-corrected chi connectivity index (χ1v) is 5.47. The summed E-state index contributed by atoms with van der Waals surface area (Å²) in [5, 5.41) is 5.50. The van der Waals surface area contributed by atoms with E-state index in [0.717, 1.165) is 12.1 Å². The highest BCUT2D eigenvalue weighted by Gasteiger charge is 2.34. The highest BCUT2D eigenvalue weighted by atomic mass is 19.4. The summed E-state index contributed by atoms with van der Waals surface area (Å²) >= 11 is 0. The molecule has 1 aliphatic heterocycles. The Kier molecular flexibility index (Phi) is 2.76. The van der Waals surface area contributed by atoms with Gasteiger partial charge < -0.3 is 10.6 Å². The van der Waals surface area contributed by atoms with E-state index >= 15 is 0 Å². The molecule has 0 saturated heterocycles. The van der Waals surface area contributed by atoms with Gasteiger partial charge in [-0.1, -0.05) is 0 Å². The highest BCUT2D eigenvalue weighted by molar-refractivity contribution is 5.99. The van der Waals surface area contributed by atoms with Gasteiger partial charge in [0.2, 0.25) is 5.91 Å². The van der Waals surface area contributed by atoms with Gasteiger partial charge in [0, 0.05) is 6.54 Å². The van der Waals surface area contributed by atoms with Crippen molar-refractivity contribution in [1.29, 1.82) is 0 Å². The fourth-order valence-corrected chi connectivity index (χ4v) is 1.66. The fraction of sp³-hybridized carbons (Fsp3) is 0.417. The number of benzene rings is 1. The minimum Gasteiger partial charge on any atom is -0.382 e. The number of amides is 1. The van der Waals surface area contributed by atoms with E-state index in [4.69, 9.17) is 0 Å². The lowest BCUT2D eigenvalue weighted by atomic mass is 9.93. The van der Waals surface area contributed by atoms with E-state index in [1.54, 1.807) is 13.8 Å². The van der Waals surface area contributed by atoms with Gasteiger partial charge in [0.25, 0.3) is 0 Å². The van der Waals surface area contributed by atoms with Crippen LogP contribution in [0.15, 0.2) is 18.2 Å². The van der Waals surface area contributed by atoms with Crippen LogP contribution in [0.1, 0.15) is 19.4 Å². The Balaban J connectivity index is 2.40. The Hall–Kier alpha value is -1.72. The Morgan fingerprint density at radius 1 is 1.22 bits per heavy atom. The fourth-order valence-electron chi connectivity index (χ4n) is 1.66. The van der Waals surface area contributed by atoms with E-state index in [9.17, 15) is 18.0 Å². The van der Waals surface area contributed by atoms with E-state index in [-0.39, 0.29) is 12.5 Å². The zero-order valence-corrected chi connectivity index (χ0v) is 9.98. The van der Waals surface area contributed by atoms with Crippen molar-refractivity contribution in [3.63, 3.8) is 0 Å². The van der Waals surface area contributed by atoms with Crippen molar-refractivity contribution in [3.8, 4) is 0 Å². The lowest BCUT2D eigenvalue weighted by Crippen LogP contribution is -2.34. The van der Waals surface area contributed by atoms with Gasteiger partial charge in [0.1, 0.15) is 0 Å². The molecule has 0 fully saturated rings. The molecule has 98 valence electrons. The number of carbonyl (C=O) groups is 1. The molecule has 2 N–H and O–H groups in total. The SMILES string of the molecule is CC1(C)CNc2cc(C(F)(F)F)ccc2NC1=O. The standard InChI is InChI=1S/C12H13F3N2O/c1-11(2)6-16-9-5-7(12(13,14)15)3-4-8(9)17-10(11)18/h3-5,16H,6H2,1-2H3,(H,17,18). The molecule has 1 heterocycles. The normalized spacial score (nSPS) is 18.4. The average Bonchev–Trinajstić information content (AvgIpc) is 2.35. The molecule has 1 aromatic rings. The number of rotatable bonds is 0. The van der Waals surface area contributed by atoms with Crippen LogP contribution in [0.25, 0.3) is 0 Å². The van der Waals surface area contributed by atoms with Crippen molar-refractivity contribution < 1.29 is 18.0 Å². The molecule has 0 atom stereocenters. The van der Waals surface area contributed by atoms with Gasteiger partial charge in [-0.2, -0.15) is 13.2 Å². The average molecular weight is 258 g/mol. The molecule has 0 radical (unpaired) electrons. The number of alkyl halides is 3. The molecule has 0 bridgehead atoms. The second-order valence-electron chi connectivity index (χ2n) is 4.95. The minimum atomic E-state index is -4.39. The van der Waals surface area contributed by atoms with E-state index in [1.165, 1.54) is 6.07 Å². The minimum absolute atomic E-state index is 0.214. The third kappa shape index (κ3) is 2.27. The molecule has 1 aliphatic rings. The molecular weight excluding hydrogens is 245 g/mol. The summed E-state index contributed by atoms with van der Waals surface area (Å²) in [5.74, 6) is -0.214. The van der Waals surface area contributed by atoms with Crippen LogP contribution in [0.3, 0.4) is 0 Å². The topological polar surface area (TPSA) is 41.1 Å². The largest absolute Gasteiger partial charge is 0.416 e. The maximum absolute atomic E-state index is 12.6. The van der Waals surface area contributed by atoms with Gasteiger partial charge >= 0.3 is 6.18 Å². The van der Waals surface area contributed by atoms with Crippen molar-refractivity contribution in [2.75, 3.05) is 17.2 Å². The summed E-state index contributed by atoms with van der Waals surface area (Å²) in [7, 11) is 0. The molecular formula is C12H13F3N2O. The zero-order chi connectivity index (χ0) is 13.6. The number of hydrogen-bond donors (Lipinski definition) is 2. The van der Waals surface area contributed by atoms with Gasteiger partial charge in [-0.3, -0.25) is 4.79 Å². The van der Waals surface area contributed by atoms with Crippen molar-refractivity contribution >= 4 is 17.3 Å². The van der Waals surface area contributed by atoms with E-state index in [2.05, 4.69) is 10.6 Å². The highest BCUT2D eigenvalue weighted by Crippen LogP contribution is 2.36. The van der Waals surface area contributed by atoms with Gasteiger partial charge in [-0.05, 0) is 32.0 Å². The number of carbonyl (C=O) groups excluding carboxylic acids is 1. The van der Waals surface area contributed by atoms with Crippen LogP contribution < -0.4 is 10.6 Å². The molecule has 3 nitrogen and oxygen atoms in total. The summed E-state index contributed by atoms with van der Waals surface area (Å²) in [6.07, 6.45) is -4.39. The summed E-state index contributed by atoms with van der Waals surface area (Å²) in [4.78, 5) is 11.8. The quantitative estimate of drug-likeness (QED) is 0.750. The first kappa shape index (κ1) is 12.7. The maximum Gasteiger partial charge on any atom is 0.416 e. The Bertz CT molecular complexity index is 495. The zero-order valence-electron chi connectivity index (χ0n) is 9.98. The van der Waals surface area contributed by atoms with Crippen molar-refractivity contribution in [1.82, 2.24) is 0 Å². The van der Waals surface area contributed by atoms with Crippen LogP contribution in [0, 0.1) is 5.41 Å². The van der Waals surface area contributed by atoms with Crippen LogP contribution in [0.2, 0.25) is 0 Å². The molecule has 6 heteroatoms. The molecule has 18 heavy (non-hydrogen) atoms.